The van der Waals surface area contributed by atoms with E-state index in [1.807, 2.05) is 19.6 Å². The van der Waals surface area contributed by atoms with Crippen LogP contribution in [-0.2, 0) is 13.5 Å². The third-order valence-electron chi connectivity index (χ3n) is 2.79. The van der Waals surface area contributed by atoms with Crippen LogP contribution in [0.1, 0.15) is 24.2 Å². The first-order valence-electron chi connectivity index (χ1n) is 5.48. The fourth-order valence-electron chi connectivity index (χ4n) is 1.68. The molecule has 2 heterocycles. The maximum atomic E-state index is 4.11. The number of aromatic nitrogens is 2. The summed E-state index contributed by atoms with van der Waals surface area (Å²) in [7, 11) is 2.03. The summed E-state index contributed by atoms with van der Waals surface area (Å²) in [6.07, 6.45) is 4.79. The van der Waals surface area contributed by atoms with E-state index in [1.165, 1.54) is 11.3 Å². The summed E-state index contributed by atoms with van der Waals surface area (Å²) in [6.45, 7) is 3.18. The second-order valence-electron chi connectivity index (χ2n) is 3.98. The molecule has 0 aliphatic rings. The van der Waals surface area contributed by atoms with Crippen LogP contribution in [0.15, 0.2) is 29.4 Å². The number of hydrogen-bond donors (Lipinski definition) is 1. The smallest absolute Gasteiger partial charge is 0.0945 e. The van der Waals surface area contributed by atoms with E-state index in [1.54, 1.807) is 11.3 Å². The van der Waals surface area contributed by atoms with Crippen molar-refractivity contribution < 1.29 is 0 Å². The Balaban J connectivity index is 1.78. The van der Waals surface area contributed by atoms with Crippen LogP contribution < -0.4 is 5.32 Å². The molecule has 86 valence electrons. The van der Waals surface area contributed by atoms with Crippen molar-refractivity contribution >= 4 is 11.3 Å². The number of aryl methyl sites for hydroxylation is 1. The molecule has 4 heteroatoms. The Kier molecular flexibility index (Phi) is 3.74. The van der Waals surface area contributed by atoms with Gasteiger partial charge in [-0.25, -0.2) is 4.98 Å². The maximum absolute atomic E-state index is 4.11. The Morgan fingerprint density at radius 1 is 1.56 bits per heavy atom. The summed E-state index contributed by atoms with van der Waals surface area (Å²) in [6, 6.07) is 2.60. The van der Waals surface area contributed by atoms with Crippen LogP contribution in [0.5, 0.6) is 0 Å². The fraction of sp³-hybridized carbons (Fsp3) is 0.417. The standard InChI is InChI=1S/C12H17N3S/c1-10(11-4-6-16-8-11)14-5-3-12-7-13-9-15(12)2/h4,6-10,14H,3,5H2,1-2H3/t10-/m1/s1. The monoisotopic (exact) mass is 235 g/mol. The highest BCUT2D eigenvalue weighted by molar-refractivity contribution is 7.07. The Labute approximate surface area is 100 Å². The predicted molar refractivity (Wildman–Crippen MR) is 67.6 cm³/mol. The third kappa shape index (κ3) is 2.71. The third-order valence-corrected chi connectivity index (χ3v) is 3.49. The van der Waals surface area contributed by atoms with Crippen molar-refractivity contribution in [3.05, 3.63) is 40.6 Å². The zero-order chi connectivity index (χ0) is 11.4. The molecule has 2 aromatic heterocycles. The molecule has 0 aromatic carbocycles. The molecule has 0 saturated carbocycles. The van der Waals surface area contributed by atoms with Gasteiger partial charge in [0.2, 0.25) is 0 Å². The quantitative estimate of drug-likeness (QED) is 0.862. The molecule has 0 amide bonds. The van der Waals surface area contributed by atoms with Gasteiger partial charge in [0.25, 0.3) is 0 Å². The highest BCUT2D eigenvalue weighted by Gasteiger charge is 2.05. The Morgan fingerprint density at radius 3 is 3.06 bits per heavy atom. The van der Waals surface area contributed by atoms with Crippen molar-refractivity contribution in [2.24, 2.45) is 7.05 Å². The molecule has 2 rings (SSSR count). The molecule has 16 heavy (non-hydrogen) atoms. The summed E-state index contributed by atoms with van der Waals surface area (Å²) in [5.41, 5.74) is 2.64. The summed E-state index contributed by atoms with van der Waals surface area (Å²) >= 11 is 1.75. The molecule has 1 atom stereocenters. The molecule has 0 bridgehead atoms. The van der Waals surface area contributed by atoms with Crippen LogP contribution >= 0.6 is 11.3 Å². The minimum atomic E-state index is 0.430. The first-order chi connectivity index (χ1) is 7.77. The lowest BCUT2D eigenvalue weighted by Crippen LogP contribution is -2.21. The molecule has 3 nitrogen and oxygen atoms in total. The van der Waals surface area contributed by atoms with E-state index in [9.17, 15) is 0 Å². The van der Waals surface area contributed by atoms with Gasteiger partial charge in [-0.3, -0.25) is 0 Å². The van der Waals surface area contributed by atoms with Gasteiger partial charge in [0.1, 0.15) is 0 Å². The topological polar surface area (TPSA) is 29.9 Å². The number of rotatable bonds is 5. The summed E-state index contributed by atoms with van der Waals surface area (Å²) in [5.74, 6) is 0. The Hall–Kier alpha value is -1.13. The largest absolute Gasteiger partial charge is 0.338 e. The lowest BCUT2D eigenvalue weighted by Gasteiger charge is -2.12. The second kappa shape index (κ2) is 5.27. The maximum Gasteiger partial charge on any atom is 0.0945 e. The minimum absolute atomic E-state index is 0.430. The molecular formula is C12H17N3S. The van der Waals surface area contributed by atoms with Gasteiger partial charge in [0.15, 0.2) is 0 Å². The molecule has 2 aromatic rings. The molecule has 0 spiro atoms. The van der Waals surface area contributed by atoms with Gasteiger partial charge in [0.05, 0.1) is 6.33 Å². The zero-order valence-corrected chi connectivity index (χ0v) is 10.5. The first kappa shape index (κ1) is 11.4. The van der Waals surface area contributed by atoms with E-state index < -0.39 is 0 Å². The van der Waals surface area contributed by atoms with Gasteiger partial charge in [-0.05, 0) is 29.3 Å². The van der Waals surface area contributed by atoms with Gasteiger partial charge >= 0.3 is 0 Å². The van der Waals surface area contributed by atoms with Crippen LogP contribution in [-0.4, -0.2) is 16.1 Å². The zero-order valence-electron chi connectivity index (χ0n) is 9.68. The van der Waals surface area contributed by atoms with E-state index in [0.29, 0.717) is 6.04 Å². The van der Waals surface area contributed by atoms with Crippen LogP contribution in [0, 0.1) is 0 Å². The molecular weight excluding hydrogens is 218 g/mol. The average molecular weight is 235 g/mol. The number of hydrogen-bond acceptors (Lipinski definition) is 3. The molecule has 0 unspecified atom stereocenters. The molecule has 0 aliphatic carbocycles. The number of thiophene rings is 1. The number of nitrogens with zero attached hydrogens (tertiary/aromatic N) is 2. The fourth-order valence-corrected chi connectivity index (χ4v) is 2.44. The SMILES string of the molecule is C[C@@H](NCCc1cncn1C)c1ccsc1. The van der Waals surface area contributed by atoms with Crippen molar-refractivity contribution in [3.63, 3.8) is 0 Å². The summed E-state index contributed by atoms with van der Waals surface area (Å²) in [4.78, 5) is 4.11. The van der Waals surface area contributed by atoms with Crippen LogP contribution in [0.4, 0.5) is 0 Å². The molecule has 1 N–H and O–H groups in total. The van der Waals surface area contributed by atoms with E-state index in [0.717, 1.165) is 13.0 Å². The lowest BCUT2D eigenvalue weighted by atomic mass is 10.2. The minimum Gasteiger partial charge on any atom is -0.338 e. The van der Waals surface area contributed by atoms with Crippen LogP contribution in [0.25, 0.3) is 0 Å². The van der Waals surface area contributed by atoms with Gasteiger partial charge in [0, 0.05) is 37.9 Å². The molecule has 0 fully saturated rings. The predicted octanol–water partition coefficient (Wildman–Crippen LogP) is 2.37. The van der Waals surface area contributed by atoms with Crippen LogP contribution in [0.3, 0.4) is 0 Å². The van der Waals surface area contributed by atoms with Crippen molar-refractivity contribution in [2.45, 2.75) is 19.4 Å². The summed E-state index contributed by atoms with van der Waals surface area (Å²) < 4.78 is 2.07. The van der Waals surface area contributed by atoms with Crippen molar-refractivity contribution in [2.75, 3.05) is 6.54 Å². The van der Waals surface area contributed by atoms with Gasteiger partial charge < -0.3 is 9.88 Å². The summed E-state index contributed by atoms with van der Waals surface area (Å²) in [5, 5.41) is 7.83. The number of imidazole rings is 1. The number of nitrogens with one attached hydrogen (secondary N) is 1. The van der Waals surface area contributed by atoms with Gasteiger partial charge in [-0.2, -0.15) is 11.3 Å². The van der Waals surface area contributed by atoms with Crippen molar-refractivity contribution in [1.29, 1.82) is 0 Å². The molecule has 0 aliphatic heterocycles. The van der Waals surface area contributed by atoms with E-state index in [2.05, 4.69) is 38.6 Å². The normalized spacial score (nSPS) is 12.9. The van der Waals surface area contributed by atoms with E-state index in [4.69, 9.17) is 0 Å². The first-order valence-corrected chi connectivity index (χ1v) is 6.42. The van der Waals surface area contributed by atoms with E-state index in [-0.39, 0.29) is 0 Å². The Bertz CT molecular complexity index is 419. The lowest BCUT2D eigenvalue weighted by molar-refractivity contribution is 0.570. The molecule has 0 saturated heterocycles. The highest BCUT2D eigenvalue weighted by atomic mass is 32.1. The second-order valence-corrected chi connectivity index (χ2v) is 4.76. The molecule has 0 radical (unpaired) electrons. The van der Waals surface area contributed by atoms with Crippen molar-refractivity contribution in [3.8, 4) is 0 Å². The van der Waals surface area contributed by atoms with E-state index >= 15 is 0 Å². The van der Waals surface area contributed by atoms with Crippen molar-refractivity contribution in [1.82, 2.24) is 14.9 Å². The Morgan fingerprint density at radius 2 is 2.44 bits per heavy atom. The van der Waals surface area contributed by atoms with Gasteiger partial charge in [-0.15, -0.1) is 0 Å². The average Bonchev–Trinajstić information content (AvgIpc) is 2.90. The van der Waals surface area contributed by atoms with Crippen LogP contribution in [0.2, 0.25) is 0 Å². The highest BCUT2D eigenvalue weighted by Crippen LogP contribution is 2.15. The van der Waals surface area contributed by atoms with Gasteiger partial charge in [-0.1, -0.05) is 0 Å².